The Morgan fingerprint density at radius 1 is 1.44 bits per heavy atom. The number of hydrogen-bond donors (Lipinski definition) is 2. The lowest BCUT2D eigenvalue weighted by molar-refractivity contribution is -0.121. The summed E-state index contributed by atoms with van der Waals surface area (Å²) in [6.07, 6.45) is 1.79. The number of nitrogens with zero attached hydrogens (tertiary/aromatic N) is 1. The van der Waals surface area contributed by atoms with Gasteiger partial charge in [0.2, 0.25) is 5.91 Å². The maximum Gasteiger partial charge on any atom is 0.413 e. The van der Waals surface area contributed by atoms with Gasteiger partial charge in [-0.3, -0.25) is 15.0 Å². The van der Waals surface area contributed by atoms with Crippen molar-refractivity contribution in [2.24, 2.45) is 5.92 Å². The lowest BCUT2D eigenvalue weighted by Gasteiger charge is -2.24. The molecule has 0 aromatic carbocycles. The number of imide groups is 1. The second-order valence-electron chi connectivity index (χ2n) is 4.93. The molecule has 2 saturated heterocycles. The number of alkyl carbamates (subject to hydrolysis) is 1. The summed E-state index contributed by atoms with van der Waals surface area (Å²) in [7, 11) is 0. The molecule has 18 heavy (non-hydrogen) atoms. The summed E-state index contributed by atoms with van der Waals surface area (Å²) in [6, 6.07) is 0.508. The van der Waals surface area contributed by atoms with Gasteiger partial charge in [-0.05, 0) is 32.2 Å². The largest absolute Gasteiger partial charge is 0.450 e. The molecule has 2 atom stereocenters. The second kappa shape index (κ2) is 6.15. The van der Waals surface area contributed by atoms with Crippen LogP contribution in [0.5, 0.6) is 0 Å². The number of carbonyl (C=O) groups is 2. The molecule has 0 saturated carbocycles. The highest BCUT2D eigenvalue weighted by Crippen LogP contribution is 2.24. The molecule has 2 aliphatic rings. The minimum atomic E-state index is -0.655. The maximum absolute atomic E-state index is 11.6. The summed E-state index contributed by atoms with van der Waals surface area (Å²) in [6.45, 7) is 5.16. The van der Waals surface area contributed by atoms with Crippen molar-refractivity contribution in [1.82, 2.24) is 15.5 Å². The quantitative estimate of drug-likeness (QED) is 0.739. The minimum Gasteiger partial charge on any atom is -0.450 e. The summed E-state index contributed by atoms with van der Waals surface area (Å²) in [4.78, 5) is 24.8. The third kappa shape index (κ3) is 3.43. The third-order valence-corrected chi connectivity index (χ3v) is 3.56. The van der Waals surface area contributed by atoms with Crippen LogP contribution in [0, 0.1) is 5.92 Å². The van der Waals surface area contributed by atoms with Gasteiger partial charge in [0.1, 0.15) is 0 Å². The number of ether oxygens (including phenoxy) is 1. The van der Waals surface area contributed by atoms with Gasteiger partial charge in [-0.25, -0.2) is 4.79 Å². The van der Waals surface area contributed by atoms with Crippen molar-refractivity contribution in [2.45, 2.75) is 25.8 Å². The van der Waals surface area contributed by atoms with Crippen LogP contribution in [-0.2, 0) is 9.53 Å². The van der Waals surface area contributed by atoms with Crippen LogP contribution in [-0.4, -0.2) is 55.7 Å². The van der Waals surface area contributed by atoms with Crippen molar-refractivity contribution >= 4 is 12.0 Å². The van der Waals surface area contributed by atoms with Gasteiger partial charge < -0.3 is 10.1 Å². The average molecular weight is 255 g/mol. The van der Waals surface area contributed by atoms with Gasteiger partial charge in [0, 0.05) is 19.1 Å². The van der Waals surface area contributed by atoms with E-state index in [1.165, 1.54) is 12.8 Å². The van der Waals surface area contributed by atoms with Crippen LogP contribution < -0.4 is 10.6 Å². The van der Waals surface area contributed by atoms with E-state index in [9.17, 15) is 9.59 Å². The van der Waals surface area contributed by atoms with E-state index < -0.39 is 6.09 Å². The summed E-state index contributed by atoms with van der Waals surface area (Å²) in [5, 5.41) is 5.71. The molecule has 2 amide bonds. The van der Waals surface area contributed by atoms with E-state index in [1.807, 2.05) is 0 Å². The lowest BCUT2D eigenvalue weighted by Crippen LogP contribution is -2.42. The van der Waals surface area contributed by atoms with E-state index in [1.54, 1.807) is 6.92 Å². The number of amides is 2. The van der Waals surface area contributed by atoms with Crippen LogP contribution >= 0.6 is 0 Å². The zero-order valence-electron chi connectivity index (χ0n) is 10.8. The van der Waals surface area contributed by atoms with Crippen LogP contribution in [0.2, 0.25) is 0 Å². The first-order valence-corrected chi connectivity index (χ1v) is 6.61. The summed E-state index contributed by atoms with van der Waals surface area (Å²) in [5.74, 6) is 0.362. The van der Waals surface area contributed by atoms with Crippen molar-refractivity contribution in [2.75, 3.05) is 32.8 Å². The number of fused-ring (bicyclic) bond motifs is 1. The van der Waals surface area contributed by atoms with Gasteiger partial charge in [-0.1, -0.05) is 0 Å². The highest BCUT2D eigenvalue weighted by molar-refractivity contribution is 5.92. The van der Waals surface area contributed by atoms with Crippen molar-refractivity contribution < 1.29 is 14.3 Å². The van der Waals surface area contributed by atoms with Gasteiger partial charge >= 0.3 is 6.09 Å². The smallest absolute Gasteiger partial charge is 0.413 e. The van der Waals surface area contributed by atoms with Crippen molar-refractivity contribution in [1.29, 1.82) is 0 Å². The Kier molecular flexibility index (Phi) is 4.54. The molecule has 2 fully saturated rings. The number of nitrogens with one attached hydrogen (secondary N) is 2. The predicted molar refractivity (Wildman–Crippen MR) is 66.1 cm³/mol. The van der Waals surface area contributed by atoms with E-state index in [0.717, 1.165) is 19.6 Å². The molecule has 0 aromatic heterocycles. The fourth-order valence-corrected chi connectivity index (χ4v) is 2.79. The SMILES string of the molecule is CCOC(=O)NC(=O)CN1CC2CCCNC2C1. The van der Waals surface area contributed by atoms with Crippen LogP contribution in [0.4, 0.5) is 4.79 Å². The van der Waals surface area contributed by atoms with E-state index >= 15 is 0 Å². The lowest BCUT2D eigenvalue weighted by atomic mass is 9.94. The van der Waals surface area contributed by atoms with E-state index in [2.05, 4.69) is 20.3 Å². The molecule has 102 valence electrons. The predicted octanol–water partition coefficient (Wildman–Crippen LogP) is -0.0571. The number of carbonyl (C=O) groups excluding carboxylic acids is 2. The molecular formula is C12H21N3O3. The van der Waals surface area contributed by atoms with E-state index in [-0.39, 0.29) is 19.1 Å². The Labute approximate surface area is 107 Å². The van der Waals surface area contributed by atoms with Gasteiger partial charge in [0.15, 0.2) is 0 Å². The number of rotatable bonds is 3. The number of piperidine rings is 1. The summed E-state index contributed by atoms with van der Waals surface area (Å²) in [5.41, 5.74) is 0. The van der Waals surface area contributed by atoms with Gasteiger partial charge in [-0.2, -0.15) is 0 Å². The van der Waals surface area contributed by atoms with Crippen LogP contribution in [0.3, 0.4) is 0 Å². The van der Waals surface area contributed by atoms with Gasteiger partial charge in [0.25, 0.3) is 0 Å². The molecule has 2 rings (SSSR count). The van der Waals surface area contributed by atoms with Crippen LogP contribution in [0.25, 0.3) is 0 Å². The van der Waals surface area contributed by atoms with Crippen molar-refractivity contribution in [3.63, 3.8) is 0 Å². The first-order chi connectivity index (χ1) is 8.69. The maximum atomic E-state index is 11.6. The summed E-state index contributed by atoms with van der Waals surface area (Å²) >= 11 is 0. The summed E-state index contributed by atoms with van der Waals surface area (Å²) < 4.78 is 4.67. The first-order valence-electron chi connectivity index (χ1n) is 6.61. The van der Waals surface area contributed by atoms with Gasteiger partial charge in [-0.15, -0.1) is 0 Å². The highest BCUT2D eigenvalue weighted by Gasteiger charge is 2.34. The van der Waals surface area contributed by atoms with Crippen molar-refractivity contribution in [3.8, 4) is 0 Å². The molecule has 6 heteroatoms. The molecule has 0 radical (unpaired) electrons. The zero-order valence-corrected chi connectivity index (χ0v) is 10.8. The van der Waals surface area contributed by atoms with Gasteiger partial charge in [0.05, 0.1) is 13.2 Å². The van der Waals surface area contributed by atoms with Crippen LogP contribution in [0.1, 0.15) is 19.8 Å². The molecule has 0 spiro atoms. The molecule has 0 aromatic rings. The Morgan fingerprint density at radius 3 is 3.00 bits per heavy atom. The monoisotopic (exact) mass is 255 g/mol. The Hall–Kier alpha value is -1.14. The minimum absolute atomic E-state index is 0.271. The van der Waals surface area contributed by atoms with E-state index in [4.69, 9.17) is 0 Å². The topological polar surface area (TPSA) is 70.7 Å². The first kappa shape index (κ1) is 13.3. The molecule has 2 aliphatic heterocycles. The normalized spacial score (nSPS) is 27.6. The fourth-order valence-electron chi connectivity index (χ4n) is 2.79. The molecule has 0 aliphatic carbocycles. The Morgan fingerprint density at radius 2 is 2.28 bits per heavy atom. The fraction of sp³-hybridized carbons (Fsp3) is 0.833. The molecule has 6 nitrogen and oxygen atoms in total. The molecule has 2 unspecified atom stereocenters. The Balaban J connectivity index is 1.73. The third-order valence-electron chi connectivity index (χ3n) is 3.56. The van der Waals surface area contributed by atoms with Crippen molar-refractivity contribution in [3.05, 3.63) is 0 Å². The highest BCUT2D eigenvalue weighted by atomic mass is 16.5. The zero-order chi connectivity index (χ0) is 13.0. The Bertz CT molecular complexity index is 308. The standard InChI is InChI=1S/C12H21N3O3/c1-2-18-12(17)14-11(16)8-15-6-9-4-3-5-13-10(9)7-15/h9-10,13H,2-8H2,1H3,(H,14,16,17). The average Bonchev–Trinajstić information content (AvgIpc) is 2.70. The molecular weight excluding hydrogens is 234 g/mol. The number of hydrogen-bond acceptors (Lipinski definition) is 5. The molecule has 0 bridgehead atoms. The molecule has 2 N–H and O–H groups in total. The second-order valence-corrected chi connectivity index (χ2v) is 4.93. The molecule has 2 heterocycles. The van der Waals surface area contributed by atoms with Crippen LogP contribution in [0.15, 0.2) is 0 Å². The number of likely N-dealkylation sites (tertiary alicyclic amines) is 1. The van der Waals surface area contributed by atoms with E-state index in [0.29, 0.717) is 12.0 Å².